The van der Waals surface area contributed by atoms with Gasteiger partial charge in [-0.15, -0.1) is 0 Å². The molecule has 2 aliphatic rings. The number of alkyl halides is 5. The van der Waals surface area contributed by atoms with E-state index in [-0.39, 0.29) is 11.8 Å². The first-order valence-electron chi connectivity index (χ1n) is 13.3. The molecule has 1 aliphatic heterocycles. The van der Waals surface area contributed by atoms with Crippen LogP contribution in [0.15, 0.2) is 53.2 Å². The average molecular weight is 583 g/mol. The highest BCUT2D eigenvalue weighted by Crippen LogP contribution is 2.30. The van der Waals surface area contributed by atoms with Gasteiger partial charge in [-0.2, -0.15) is 22.0 Å². The monoisotopic (exact) mass is 582 g/mol. The van der Waals surface area contributed by atoms with Gasteiger partial charge in [0.1, 0.15) is 11.4 Å². The van der Waals surface area contributed by atoms with Crippen LogP contribution >= 0.6 is 0 Å². The number of rotatable bonds is 7. The quantitative estimate of drug-likeness (QED) is 0.298. The van der Waals surface area contributed by atoms with E-state index in [9.17, 15) is 26.7 Å². The number of pyridine rings is 1. The number of amides is 1. The lowest BCUT2D eigenvalue weighted by Gasteiger charge is -2.24. The molecule has 2 heterocycles. The number of nitrogens with two attached hydrogens (primary N) is 1. The van der Waals surface area contributed by atoms with E-state index in [1.807, 2.05) is 6.07 Å². The van der Waals surface area contributed by atoms with Gasteiger partial charge in [0.05, 0.1) is 11.6 Å². The van der Waals surface area contributed by atoms with Gasteiger partial charge in [-0.05, 0) is 81.7 Å². The lowest BCUT2D eigenvalue weighted by atomic mass is 9.89. The smallest absolute Gasteiger partial charge is 0.433 e. The Morgan fingerprint density at radius 1 is 1.15 bits per heavy atom. The Morgan fingerprint density at radius 3 is 2.46 bits per heavy atom. The standard InChI is InChI=1S/C19H24F2N2O2.C10H11F3N2O/c20-19(21)25-15-5-3-4-13(12-15)18(22)16-6-1-2-7-17(16)23-14-8-10-24-11-9-14;1-9(2,15-6-16)7-3-4-8(14-5-7)10(11,12)13/h3-5,12,14,19H,1-2,6-11,22H2;3-6H,1-2H3,(H,15,16)/b18-16-,23-17?;. The highest BCUT2D eigenvalue weighted by atomic mass is 19.4. The summed E-state index contributed by atoms with van der Waals surface area (Å²) >= 11 is 0. The molecule has 0 radical (unpaired) electrons. The number of nitrogens with one attached hydrogen (secondary N) is 1. The zero-order chi connectivity index (χ0) is 30.0. The molecule has 0 unspecified atom stereocenters. The van der Waals surface area contributed by atoms with Gasteiger partial charge in [0.25, 0.3) is 0 Å². The molecule has 1 saturated carbocycles. The van der Waals surface area contributed by atoms with E-state index in [1.165, 1.54) is 12.1 Å². The Hall–Kier alpha value is -3.54. The third kappa shape index (κ3) is 9.51. The molecule has 1 aliphatic carbocycles. The number of carbonyl (C=O) groups is 1. The minimum Gasteiger partial charge on any atom is -0.435 e. The van der Waals surface area contributed by atoms with Crippen molar-refractivity contribution in [3.05, 3.63) is 65.0 Å². The molecule has 224 valence electrons. The fraction of sp³-hybridized carbons (Fsp3) is 0.483. The number of benzene rings is 1. The predicted octanol–water partition coefficient (Wildman–Crippen LogP) is 6.23. The molecule has 4 rings (SSSR count). The topological polar surface area (TPSA) is 98.8 Å². The number of halogens is 5. The third-order valence-electron chi connectivity index (χ3n) is 6.86. The molecule has 0 atom stereocenters. The molecule has 1 saturated heterocycles. The van der Waals surface area contributed by atoms with Gasteiger partial charge in [0, 0.05) is 36.4 Å². The molecule has 2 fully saturated rings. The number of hydrogen-bond acceptors (Lipinski definition) is 6. The largest absolute Gasteiger partial charge is 0.435 e. The second-order valence-electron chi connectivity index (χ2n) is 10.2. The average Bonchev–Trinajstić information content (AvgIpc) is 2.93. The van der Waals surface area contributed by atoms with Crippen LogP contribution in [0.3, 0.4) is 0 Å². The van der Waals surface area contributed by atoms with Gasteiger partial charge in [0.15, 0.2) is 0 Å². The summed E-state index contributed by atoms with van der Waals surface area (Å²) in [6, 6.07) is 9.05. The Kier molecular flexibility index (Phi) is 11.2. The number of ether oxygens (including phenoxy) is 2. The number of aromatic nitrogens is 1. The fourth-order valence-corrected chi connectivity index (χ4v) is 4.53. The highest BCUT2D eigenvalue weighted by molar-refractivity contribution is 6.06. The first-order valence-corrected chi connectivity index (χ1v) is 13.3. The summed E-state index contributed by atoms with van der Waals surface area (Å²) in [7, 11) is 0. The van der Waals surface area contributed by atoms with Crippen molar-refractivity contribution in [3.63, 3.8) is 0 Å². The lowest BCUT2D eigenvalue weighted by Crippen LogP contribution is -2.35. The second-order valence-corrected chi connectivity index (χ2v) is 10.2. The normalized spacial score (nSPS) is 18.9. The Morgan fingerprint density at radius 2 is 1.85 bits per heavy atom. The molecule has 2 aromatic rings. The SMILES string of the molecule is CC(C)(NC=O)c1ccc(C(F)(F)F)nc1.N/C(=C1/CCCCC1=NC1CCOCC1)c1cccc(OC(F)F)c1. The van der Waals surface area contributed by atoms with Gasteiger partial charge in [-0.25, -0.2) is 0 Å². The Balaban J connectivity index is 0.000000250. The number of allylic oxidation sites excluding steroid dienone is 1. The van der Waals surface area contributed by atoms with E-state index in [0.717, 1.165) is 75.3 Å². The maximum atomic E-state index is 12.4. The molecule has 0 bridgehead atoms. The van der Waals surface area contributed by atoms with Crippen LogP contribution in [0.4, 0.5) is 22.0 Å². The van der Waals surface area contributed by atoms with E-state index in [0.29, 0.717) is 23.2 Å². The number of aliphatic imine (C=N–C) groups is 1. The van der Waals surface area contributed by atoms with Gasteiger partial charge in [-0.1, -0.05) is 18.2 Å². The van der Waals surface area contributed by atoms with Crippen LogP contribution in [-0.4, -0.2) is 43.0 Å². The minimum absolute atomic E-state index is 0.120. The van der Waals surface area contributed by atoms with Gasteiger partial charge in [0.2, 0.25) is 6.41 Å². The van der Waals surface area contributed by atoms with Crippen LogP contribution in [0.25, 0.3) is 5.70 Å². The maximum absolute atomic E-state index is 12.4. The molecule has 1 amide bonds. The summed E-state index contributed by atoms with van der Waals surface area (Å²) in [5, 5.41) is 2.49. The zero-order valence-electron chi connectivity index (χ0n) is 23.0. The van der Waals surface area contributed by atoms with E-state index in [4.69, 9.17) is 15.5 Å². The molecule has 12 heteroatoms. The molecule has 0 spiro atoms. The summed E-state index contributed by atoms with van der Waals surface area (Å²) in [5.41, 5.74) is 8.65. The summed E-state index contributed by atoms with van der Waals surface area (Å²) in [5.74, 6) is 0.120. The summed E-state index contributed by atoms with van der Waals surface area (Å²) in [4.78, 5) is 18.6. The zero-order valence-corrected chi connectivity index (χ0v) is 23.0. The van der Waals surface area contributed by atoms with Crippen LogP contribution < -0.4 is 15.8 Å². The fourth-order valence-electron chi connectivity index (χ4n) is 4.53. The van der Waals surface area contributed by atoms with Crippen LogP contribution in [0.2, 0.25) is 0 Å². The van der Waals surface area contributed by atoms with Gasteiger partial charge < -0.3 is 20.5 Å². The Labute approximate surface area is 236 Å². The molecule has 41 heavy (non-hydrogen) atoms. The van der Waals surface area contributed by atoms with Crippen molar-refractivity contribution in [3.8, 4) is 5.75 Å². The summed E-state index contributed by atoms with van der Waals surface area (Å²) < 4.78 is 71.4. The molecular formula is C29H35F5N4O3. The number of hydrogen-bond donors (Lipinski definition) is 2. The predicted molar refractivity (Wildman–Crippen MR) is 145 cm³/mol. The van der Waals surface area contributed by atoms with E-state index in [2.05, 4.69) is 15.0 Å². The van der Waals surface area contributed by atoms with Crippen molar-refractivity contribution in [2.75, 3.05) is 13.2 Å². The van der Waals surface area contributed by atoms with Crippen molar-refractivity contribution in [2.24, 2.45) is 10.7 Å². The molecular weight excluding hydrogens is 547 g/mol. The van der Waals surface area contributed by atoms with Crippen LogP contribution in [-0.2, 0) is 21.2 Å². The van der Waals surface area contributed by atoms with Crippen molar-refractivity contribution >= 4 is 17.8 Å². The summed E-state index contributed by atoms with van der Waals surface area (Å²) in [6.45, 7) is 2.01. The number of nitrogens with zero attached hydrogens (tertiary/aromatic N) is 2. The lowest BCUT2D eigenvalue weighted by molar-refractivity contribution is -0.141. The van der Waals surface area contributed by atoms with Crippen molar-refractivity contribution < 1.29 is 36.2 Å². The molecule has 3 N–H and O–H groups in total. The first-order chi connectivity index (χ1) is 19.4. The van der Waals surface area contributed by atoms with Crippen molar-refractivity contribution in [1.29, 1.82) is 0 Å². The third-order valence-corrected chi connectivity index (χ3v) is 6.86. The van der Waals surface area contributed by atoms with Crippen LogP contribution in [0, 0.1) is 0 Å². The molecule has 1 aromatic carbocycles. The highest BCUT2D eigenvalue weighted by Gasteiger charge is 2.33. The minimum atomic E-state index is -4.44. The van der Waals surface area contributed by atoms with Gasteiger partial charge >= 0.3 is 12.8 Å². The van der Waals surface area contributed by atoms with E-state index >= 15 is 0 Å². The number of carbonyl (C=O) groups excluding carboxylic acids is 1. The maximum Gasteiger partial charge on any atom is 0.433 e. The summed E-state index contributed by atoms with van der Waals surface area (Å²) in [6.07, 6.45) is 3.00. The molecule has 7 nitrogen and oxygen atoms in total. The van der Waals surface area contributed by atoms with Crippen LogP contribution in [0.5, 0.6) is 5.75 Å². The molecule has 1 aromatic heterocycles. The second kappa shape index (κ2) is 14.4. The van der Waals surface area contributed by atoms with Crippen molar-refractivity contribution in [2.45, 2.75) is 76.7 Å². The van der Waals surface area contributed by atoms with Crippen molar-refractivity contribution in [1.82, 2.24) is 10.3 Å². The van der Waals surface area contributed by atoms with E-state index in [1.54, 1.807) is 26.0 Å². The first kappa shape index (κ1) is 32.0. The van der Waals surface area contributed by atoms with Gasteiger partial charge in [-0.3, -0.25) is 14.8 Å². The Bertz CT molecular complexity index is 1210. The van der Waals surface area contributed by atoms with Crippen LogP contribution in [0.1, 0.15) is 69.2 Å². The van der Waals surface area contributed by atoms with E-state index < -0.39 is 24.0 Å².